The topological polar surface area (TPSA) is 26.3 Å². The highest BCUT2D eigenvalue weighted by molar-refractivity contribution is 6.18. The van der Waals surface area contributed by atoms with Gasteiger partial charge >= 0.3 is 5.97 Å². The van der Waals surface area contributed by atoms with Crippen LogP contribution >= 0.6 is 11.6 Å². The number of ether oxygens (including phenoxy) is 1. The van der Waals surface area contributed by atoms with Crippen molar-refractivity contribution in [3.05, 3.63) is 11.6 Å². The zero-order valence-corrected chi connectivity index (χ0v) is 9.89. The van der Waals surface area contributed by atoms with Crippen LogP contribution in [0.3, 0.4) is 0 Å². The van der Waals surface area contributed by atoms with E-state index in [1.54, 1.807) is 5.57 Å². The molecule has 0 atom stereocenters. The Labute approximate surface area is 96.6 Å². The van der Waals surface area contributed by atoms with E-state index in [-0.39, 0.29) is 5.97 Å². The van der Waals surface area contributed by atoms with Crippen molar-refractivity contribution in [3.63, 3.8) is 0 Å². The van der Waals surface area contributed by atoms with Crippen molar-refractivity contribution >= 4 is 17.6 Å². The third-order valence-corrected chi connectivity index (χ3v) is 2.76. The van der Waals surface area contributed by atoms with Crippen LogP contribution in [0.2, 0.25) is 0 Å². The van der Waals surface area contributed by atoms with Crippen LogP contribution in [-0.4, -0.2) is 18.5 Å². The third kappa shape index (κ3) is 5.83. The Balaban J connectivity index is 1.94. The van der Waals surface area contributed by atoms with Crippen molar-refractivity contribution < 1.29 is 9.53 Å². The number of unbranched alkanes of at least 4 members (excludes halogenated alkanes) is 1. The van der Waals surface area contributed by atoms with E-state index in [2.05, 4.69) is 6.08 Å². The summed E-state index contributed by atoms with van der Waals surface area (Å²) in [5.74, 6) is 0.273. The average Bonchev–Trinajstić information content (AvgIpc) is 2.74. The molecule has 0 amide bonds. The maximum atomic E-state index is 11.1. The predicted molar refractivity (Wildman–Crippen MR) is 62.1 cm³/mol. The molecule has 0 saturated heterocycles. The molecule has 0 radical (unpaired) electrons. The second-order valence-corrected chi connectivity index (χ2v) is 4.25. The van der Waals surface area contributed by atoms with E-state index < -0.39 is 0 Å². The van der Waals surface area contributed by atoms with Crippen molar-refractivity contribution in [1.29, 1.82) is 0 Å². The van der Waals surface area contributed by atoms with Gasteiger partial charge < -0.3 is 4.74 Å². The van der Waals surface area contributed by atoms with Crippen LogP contribution in [0, 0.1) is 0 Å². The summed E-state index contributed by atoms with van der Waals surface area (Å²) in [5.41, 5.74) is 1.57. The molecule has 0 aromatic heterocycles. The predicted octanol–water partition coefficient (Wildman–Crippen LogP) is 3.44. The maximum absolute atomic E-state index is 11.1. The number of esters is 1. The second-order valence-electron chi connectivity index (χ2n) is 3.87. The Kier molecular flexibility index (Phi) is 6.49. The van der Waals surface area contributed by atoms with Crippen molar-refractivity contribution in [1.82, 2.24) is 0 Å². The van der Waals surface area contributed by atoms with E-state index in [1.807, 2.05) is 0 Å². The third-order valence-electron chi connectivity index (χ3n) is 2.60. The molecule has 1 rings (SSSR count). The molecule has 0 bridgehead atoms. The molecule has 3 heteroatoms. The Morgan fingerprint density at radius 2 is 2.33 bits per heavy atom. The van der Waals surface area contributed by atoms with E-state index in [9.17, 15) is 4.79 Å². The van der Waals surface area contributed by atoms with Gasteiger partial charge in [0, 0.05) is 6.42 Å². The van der Waals surface area contributed by atoms with Gasteiger partial charge in [-0.15, -0.1) is 11.6 Å². The van der Waals surface area contributed by atoms with Crippen LogP contribution in [0.5, 0.6) is 0 Å². The highest BCUT2D eigenvalue weighted by Crippen LogP contribution is 2.22. The van der Waals surface area contributed by atoms with Gasteiger partial charge in [-0.05, 0) is 38.5 Å². The summed E-state index contributed by atoms with van der Waals surface area (Å²) >= 11 is 5.41. The SMILES string of the molecule is O=C(CCCCC1=CCCC1)OCCCl. The zero-order chi connectivity index (χ0) is 10.9. The minimum atomic E-state index is -0.115. The van der Waals surface area contributed by atoms with Crippen molar-refractivity contribution in [2.75, 3.05) is 12.5 Å². The minimum Gasteiger partial charge on any atom is -0.464 e. The van der Waals surface area contributed by atoms with E-state index in [4.69, 9.17) is 16.3 Å². The molecule has 15 heavy (non-hydrogen) atoms. The minimum absolute atomic E-state index is 0.115. The smallest absolute Gasteiger partial charge is 0.305 e. The van der Waals surface area contributed by atoms with Gasteiger partial charge in [0.25, 0.3) is 0 Å². The highest BCUT2D eigenvalue weighted by atomic mass is 35.5. The molecule has 0 spiro atoms. The summed E-state index contributed by atoms with van der Waals surface area (Å²) in [6.07, 6.45) is 9.87. The van der Waals surface area contributed by atoms with Crippen LogP contribution in [0.1, 0.15) is 44.9 Å². The number of rotatable bonds is 7. The zero-order valence-electron chi connectivity index (χ0n) is 9.14. The largest absolute Gasteiger partial charge is 0.464 e. The maximum Gasteiger partial charge on any atom is 0.305 e. The quantitative estimate of drug-likeness (QED) is 0.290. The molecule has 1 aliphatic rings. The molecular weight excluding hydrogens is 212 g/mol. The molecule has 2 nitrogen and oxygen atoms in total. The van der Waals surface area contributed by atoms with E-state index >= 15 is 0 Å². The summed E-state index contributed by atoms with van der Waals surface area (Å²) in [4.78, 5) is 11.1. The molecule has 86 valence electrons. The summed E-state index contributed by atoms with van der Waals surface area (Å²) < 4.78 is 4.88. The van der Waals surface area contributed by atoms with E-state index in [0.717, 1.165) is 19.3 Å². The molecule has 0 fully saturated rings. The Bertz CT molecular complexity index is 224. The standard InChI is InChI=1S/C12H19ClO2/c13-9-10-15-12(14)8-4-3-7-11-5-1-2-6-11/h5H,1-4,6-10H2. The second kappa shape index (κ2) is 7.75. The first-order chi connectivity index (χ1) is 7.33. The Hall–Kier alpha value is -0.500. The van der Waals surface area contributed by atoms with Crippen LogP contribution in [0.25, 0.3) is 0 Å². The fourth-order valence-electron chi connectivity index (χ4n) is 1.81. The van der Waals surface area contributed by atoms with Crippen LogP contribution < -0.4 is 0 Å². The fraction of sp³-hybridized carbons (Fsp3) is 0.750. The van der Waals surface area contributed by atoms with Gasteiger partial charge in [-0.3, -0.25) is 4.79 Å². The number of carbonyl (C=O) groups is 1. The molecule has 0 aromatic rings. The van der Waals surface area contributed by atoms with E-state index in [0.29, 0.717) is 18.9 Å². The lowest BCUT2D eigenvalue weighted by molar-refractivity contribution is -0.143. The lowest BCUT2D eigenvalue weighted by Gasteiger charge is -2.03. The number of alkyl halides is 1. The van der Waals surface area contributed by atoms with Crippen molar-refractivity contribution in [2.45, 2.75) is 44.9 Å². The number of hydrogen-bond acceptors (Lipinski definition) is 2. The van der Waals surface area contributed by atoms with Crippen LogP contribution in [0.15, 0.2) is 11.6 Å². The molecule has 0 saturated carbocycles. The highest BCUT2D eigenvalue weighted by Gasteiger charge is 2.05. The molecule has 0 aromatic carbocycles. The van der Waals surface area contributed by atoms with Gasteiger partial charge in [0.1, 0.15) is 6.61 Å². The van der Waals surface area contributed by atoms with Gasteiger partial charge in [-0.1, -0.05) is 11.6 Å². The van der Waals surface area contributed by atoms with Crippen molar-refractivity contribution in [3.8, 4) is 0 Å². The number of halogens is 1. The summed E-state index contributed by atoms with van der Waals surface area (Å²) in [6.45, 7) is 0.339. The first-order valence-electron chi connectivity index (χ1n) is 5.72. The summed E-state index contributed by atoms with van der Waals surface area (Å²) in [5, 5.41) is 0. The van der Waals surface area contributed by atoms with Gasteiger partial charge in [-0.2, -0.15) is 0 Å². The van der Waals surface area contributed by atoms with Gasteiger partial charge in [0.2, 0.25) is 0 Å². The number of allylic oxidation sites excluding steroid dienone is 2. The summed E-state index contributed by atoms with van der Waals surface area (Å²) in [7, 11) is 0. The molecular formula is C12H19ClO2. The fourth-order valence-corrected chi connectivity index (χ4v) is 1.89. The normalized spacial score (nSPS) is 15.1. The lowest BCUT2D eigenvalue weighted by Crippen LogP contribution is -2.06. The van der Waals surface area contributed by atoms with Crippen molar-refractivity contribution in [2.24, 2.45) is 0 Å². The number of carbonyl (C=O) groups excluding carboxylic acids is 1. The van der Waals surface area contributed by atoms with Crippen LogP contribution in [-0.2, 0) is 9.53 Å². The first kappa shape index (κ1) is 12.6. The molecule has 0 aliphatic heterocycles. The monoisotopic (exact) mass is 230 g/mol. The van der Waals surface area contributed by atoms with Gasteiger partial charge in [-0.25, -0.2) is 0 Å². The Morgan fingerprint density at radius 1 is 1.47 bits per heavy atom. The lowest BCUT2D eigenvalue weighted by atomic mass is 10.1. The first-order valence-corrected chi connectivity index (χ1v) is 6.26. The van der Waals surface area contributed by atoms with Crippen LogP contribution in [0.4, 0.5) is 0 Å². The average molecular weight is 231 g/mol. The van der Waals surface area contributed by atoms with Gasteiger partial charge in [0.15, 0.2) is 0 Å². The molecule has 0 unspecified atom stereocenters. The molecule has 0 heterocycles. The Morgan fingerprint density at radius 3 is 3.00 bits per heavy atom. The van der Waals surface area contributed by atoms with E-state index in [1.165, 1.54) is 19.3 Å². The summed E-state index contributed by atoms with van der Waals surface area (Å²) in [6, 6.07) is 0. The molecule has 1 aliphatic carbocycles. The molecule has 0 N–H and O–H groups in total. The van der Waals surface area contributed by atoms with Gasteiger partial charge in [0.05, 0.1) is 5.88 Å². The number of hydrogen-bond donors (Lipinski definition) is 0.